The van der Waals surface area contributed by atoms with E-state index < -0.39 is 5.91 Å². The van der Waals surface area contributed by atoms with Crippen LogP contribution in [0.2, 0.25) is 0 Å². The Hall–Kier alpha value is -3.54. The molecule has 3 aromatic rings. The largest absolute Gasteiger partial charge is 0.292 e. The number of benzene rings is 2. The maximum absolute atomic E-state index is 12.8. The molecule has 3 rings (SSSR count). The second-order valence-corrected chi connectivity index (χ2v) is 7.13. The molecule has 0 unspecified atom stereocenters. The molecule has 0 atom stereocenters. The number of aryl methyl sites for hydroxylation is 1. The smallest absolute Gasteiger partial charge is 0.267 e. The van der Waals surface area contributed by atoms with Gasteiger partial charge >= 0.3 is 0 Å². The second kappa shape index (κ2) is 10.3. The Morgan fingerprint density at radius 1 is 1.07 bits per heavy atom. The summed E-state index contributed by atoms with van der Waals surface area (Å²) in [6.07, 6.45) is 6.44. The van der Waals surface area contributed by atoms with Crippen molar-refractivity contribution in [2.24, 2.45) is 5.10 Å². The normalized spacial score (nSPS) is 11.9. The Kier molecular flexibility index (Phi) is 7.27. The van der Waals surface area contributed by atoms with Gasteiger partial charge in [0, 0.05) is 11.9 Å². The van der Waals surface area contributed by atoms with Crippen LogP contribution in [0.3, 0.4) is 0 Å². The van der Waals surface area contributed by atoms with Gasteiger partial charge in [0.25, 0.3) is 11.5 Å². The molecule has 2 aromatic carbocycles. The zero-order chi connectivity index (χ0) is 21.3. The quantitative estimate of drug-likeness (QED) is 0.345. The SMILES string of the molecule is CCCCCn1nc(C(=O)N/N=C\C(C)=C\c2ccccc2)c2ccccc2c1=O. The van der Waals surface area contributed by atoms with Crippen LogP contribution in [0, 0.1) is 0 Å². The fourth-order valence-corrected chi connectivity index (χ4v) is 3.16. The van der Waals surface area contributed by atoms with Gasteiger partial charge in [-0.05, 0) is 30.5 Å². The van der Waals surface area contributed by atoms with E-state index in [0.717, 1.165) is 30.4 Å². The second-order valence-electron chi connectivity index (χ2n) is 7.13. The molecular weight excluding hydrogens is 376 g/mol. The van der Waals surface area contributed by atoms with Gasteiger partial charge in [-0.3, -0.25) is 9.59 Å². The van der Waals surface area contributed by atoms with Crippen molar-refractivity contribution in [2.75, 3.05) is 0 Å². The minimum atomic E-state index is -0.445. The van der Waals surface area contributed by atoms with E-state index in [0.29, 0.717) is 17.3 Å². The number of carbonyl (C=O) groups excluding carboxylic acids is 1. The number of carbonyl (C=O) groups is 1. The van der Waals surface area contributed by atoms with Gasteiger partial charge in [0.2, 0.25) is 0 Å². The highest BCUT2D eigenvalue weighted by molar-refractivity contribution is 6.05. The van der Waals surface area contributed by atoms with E-state index in [2.05, 4.69) is 22.5 Å². The fraction of sp³-hybridized carbons (Fsp3) is 0.250. The third-order valence-corrected chi connectivity index (χ3v) is 4.68. The molecule has 0 radical (unpaired) electrons. The first-order chi connectivity index (χ1) is 14.6. The summed E-state index contributed by atoms with van der Waals surface area (Å²) in [4.78, 5) is 25.5. The van der Waals surface area contributed by atoms with E-state index in [1.807, 2.05) is 43.3 Å². The first-order valence-corrected chi connectivity index (χ1v) is 10.2. The average molecular weight is 402 g/mol. The van der Waals surface area contributed by atoms with Gasteiger partial charge < -0.3 is 0 Å². The minimum absolute atomic E-state index is 0.177. The monoisotopic (exact) mass is 402 g/mol. The van der Waals surface area contributed by atoms with E-state index in [1.165, 1.54) is 4.68 Å². The van der Waals surface area contributed by atoms with Crippen LogP contribution >= 0.6 is 0 Å². The first kappa shape index (κ1) is 21.2. The van der Waals surface area contributed by atoms with Gasteiger partial charge in [-0.15, -0.1) is 0 Å². The number of nitrogens with one attached hydrogen (secondary N) is 1. The van der Waals surface area contributed by atoms with Crippen molar-refractivity contribution >= 4 is 29.0 Å². The highest BCUT2D eigenvalue weighted by atomic mass is 16.2. The number of aromatic nitrogens is 2. The molecule has 0 spiro atoms. The number of hydrogen-bond donors (Lipinski definition) is 1. The van der Waals surface area contributed by atoms with Crippen LogP contribution in [0.15, 0.2) is 70.1 Å². The predicted octanol–water partition coefficient (Wildman–Crippen LogP) is 4.41. The first-order valence-electron chi connectivity index (χ1n) is 10.2. The lowest BCUT2D eigenvalue weighted by Gasteiger charge is -2.10. The summed E-state index contributed by atoms with van der Waals surface area (Å²) >= 11 is 0. The maximum atomic E-state index is 12.8. The minimum Gasteiger partial charge on any atom is -0.267 e. The number of hydrogen-bond acceptors (Lipinski definition) is 4. The van der Waals surface area contributed by atoms with Crippen LogP contribution in [0.25, 0.3) is 16.8 Å². The summed E-state index contributed by atoms with van der Waals surface area (Å²) in [5.74, 6) is -0.445. The summed E-state index contributed by atoms with van der Waals surface area (Å²) in [5, 5.41) is 9.41. The van der Waals surface area contributed by atoms with E-state index >= 15 is 0 Å². The number of allylic oxidation sites excluding steroid dienone is 1. The van der Waals surface area contributed by atoms with Gasteiger partial charge in [0.05, 0.1) is 11.6 Å². The molecule has 1 heterocycles. The van der Waals surface area contributed by atoms with Gasteiger partial charge in [0.1, 0.15) is 0 Å². The summed E-state index contributed by atoms with van der Waals surface area (Å²) in [5.41, 5.74) is 4.50. The molecule has 0 bridgehead atoms. The van der Waals surface area contributed by atoms with Crippen LogP contribution in [0.5, 0.6) is 0 Å². The fourth-order valence-electron chi connectivity index (χ4n) is 3.16. The number of rotatable bonds is 8. The molecule has 30 heavy (non-hydrogen) atoms. The molecule has 0 saturated heterocycles. The number of fused-ring (bicyclic) bond motifs is 1. The topological polar surface area (TPSA) is 76.3 Å². The molecule has 0 aliphatic rings. The summed E-state index contributed by atoms with van der Waals surface area (Å²) < 4.78 is 1.39. The van der Waals surface area contributed by atoms with Gasteiger partial charge in [-0.2, -0.15) is 10.2 Å². The molecule has 6 heteroatoms. The van der Waals surface area contributed by atoms with Crippen LogP contribution < -0.4 is 11.0 Å². The number of nitrogens with zero attached hydrogens (tertiary/aromatic N) is 3. The number of hydrazone groups is 1. The molecule has 0 fully saturated rings. The predicted molar refractivity (Wildman–Crippen MR) is 122 cm³/mol. The van der Waals surface area contributed by atoms with Crippen molar-refractivity contribution in [1.29, 1.82) is 0 Å². The van der Waals surface area contributed by atoms with Crippen LogP contribution in [0.4, 0.5) is 0 Å². The lowest BCUT2D eigenvalue weighted by molar-refractivity contribution is 0.0949. The Balaban J connectivity index is 1.82. The molecule has 1 N–H and O–H groups in total. The molecule has 1 amide bonds. The molecule has 6 nitrogen and oxygen atoms in total. The summed E-state index contributed by atoms with van der Waals surface area (Å²) in [6.45, 7) is 4.49. The highest BCUT2D eigenvalue weighted by Crippen LogP contribution is 2.13. The highest BCUT2D eigenvalue weighted by Gasteiger charge is 2.16. The lowest BCUT2D eigenvalue weighted by Crippen LogP contribution is -2.29. The summed E-state index contributed by atoms with van der Waals surface area (Å²) in [6, 6.07) is 16.9. The molecule has 1 aromatic heterocycles. The van der Waals surface area contributed by atoms with Gasteiger partial charge in [-0.25, -0.2) is 10.1 Å². The number of amides is 1. The zero-order valence-electron chi connectivity index (χ0n) is 17.3. The van der Waals surface area contributed by atoms with Crippen molar-refractivity contribution in [3.63, 3.8) is 0 Å². The standard InChI is InChI=1S/C24H26N4O2/c1-3-4-10-15-28-24(30)21-14-9-8-13-20(21)22(27-28)23(29)26-25-17-18(2)16-19-11-6-5-7-12-19/h5-9,11-14,16-17H,3-4,10,15H2,1-2H3,(H,26,29)/b18-16+,25-17-. The van der Waals surface area contributed by atoms with Crippen molar-refractivity contribution in [1.82, 2.24) is 15.2 Å². The van der Waals surface area contributed by atoms with E-state index in [9.17, 15) is 9.59 Å². The van der Waals surface area contributed by atoms with Crippen molar-refractivity contribution in [3.05, 3.63) is 81.8 Å². The van der Waals surface area contributed by atoms with Crippen LogP contribution in [-0.4, -0.2) is 21.9 Å². The van der Waals surface area contributed by atoms with E-state index in [4.69, 9.17) is 0 Å². The molecule has 0 aliphatic carbocycles. The Morgan fingerprint density at radius 2 is 1.77 bits per heavy atom. The molecule has 0 saturated carbocycles. The zero-order valence-corrected chi connectivity index (χ0v) is 17.3. The lowest BCUT2D eigenvalue weighted by atomic mass is 10.1. The van der Waals surface area contributed by atoms with Gasteiger partial charge in [0.15, 0.2) is 5.69 Å². The van der Waals surface area contributed by atoms with Gasteiger partial charge in [-0.1, -0.05) is 74.4 Å². The molecule has 154 valence electrons. The van der Waals surface area contributed by atoms with Crippen molar-refractivity contribution in [2.45, 2.75) is 39.7 Å². The molecule has 0 aliphatic heterocycles. The summed E-state index contributed by atoms with van der Waals surface area (Å²) in [7, 11) is 0. The van der Waals surface area contributed by atoms with E-state index in [1.54, 1.807) is 30.5 Å². The third kappa shape index (κ3) is 5.29. The van der Waals surface area contributed by atoms with Crippen molar-refractivity contribution < 1.29 is 4.79 Å². The Bertz CT molecular complexity index is 1130. The molecular formula is C24H26N4O2. The Labute approximate surface area is 175 Å². The average Bonchev–Trinajstić information content (AvgIpc) is 2.76. The van der Waals surface area contributed by atoms with E-state index in [-0.39, 0.29) is 11.3 Å². The van der Waals surface area contributed by atoms with Crippen LogP contribution in [-0.2, 0) is 6.54 Å². The van der Waals surface area contributed by atoms with Crippen molar-refractivity contribution in [3.8, 4) is 0 Å². The van der Waals surface area contributed by atoms with Crippen LogP contribution in [0.1, 0.15) is 49.2 Å². The third-order valence-electron chi connectivity index (χ3n) is 4.68. The maximum Gasteiger partial charge on any atom is 0.292 e. The Morgan fingerprint density at radius 3 is 2.50 bits per heavy atom. The number of unbranched alkanes of at least 4 members (excludes halogenated alkanes) is 2.